The number of anilines is 1. The van der Waals surface area contributed by atoms with Gasteiger partial charge in [-0.2, -0.15) is 0 Å². The normalized spacial score (nSPS) is 22.2. The van der Waals surface area contributed by atoms with Crippen LogP contribution in [0.1, 0.15) is 20.8 Å². The number of ether oxygens (including phenoxy) is 3. The molecule has 0 bridgehead atoms. The number of carbonyl (C=O) groups is 2. The first-order valence-corrected chi connectivity index (χ1v) is 8.43. The van der Waals surface area contributed by atoms with Crippen LogP contribution < -0.4 is 15.0 Å². The Labute approximate surface area is 148 Å². The van der Waals surface area contributed by atoms with E-state index in [0.29, 0.717) is 18.0 Å². The van der Waals surface area contributed by atoms with Gasteiger partial charge in [0.05, 0.1) is 12.2 Å². The van der Waals surface area contributed by atoms with E-state index in [4.69, 9.17) is 14.2 Å². The van der Waals surface area contributed by atoms with Gasteiger partial charge in [0.1, 0.15) is 30.1 Å². The van der Waals surface area contributed by atoms with Crippen LogP contribution in [0, 0.1) is 0 Å². The second-order valence-corrected chi connectivity index (χ2v) is 7.58. The van der Waals surface area contributed by atoms with E-state index in [2.05, 4.69) is 21.2 Å². The highest BCUT2D eigenvalue weighted by Crippen LogP contribution is 2.40. The standard InChI is InChI=1S/C16H19BrN2O5/c1-16(2,3)24-14(20)18-7-13-11-8-22-12-6-9(17)4-5-10(12)19(11)15(21)23-13/h4-6,11,13H,7-8H2,1-3H3,(H,18,20)/t11-,13-/m0/s1. The first-order chi connectivity index (χ1) is 11.2. The molecule has 1 saturated heterocycles. The van der Waals surface area contributed by atoms with Gasteiger partial charge in [-0.3, -0.25) is 4.90 Å². The van der Waals surface area contributed by atoms with Gasteiger partial charge in [0, 0.05) is 4.47 Å². The summed E-state index contributed by atoms with van der Waals surface area (Å²) in [5.74, 6) is 0.623. The number of hydrogen-bond acceptors (Lipinski definition) is 5. The molecule has 2 aliphatic heterocycles. The van der Waals surface area contributed by atoms with Gasteiger partial charge in [0.15, 0.2) is 0 Å². The molecule has 0 unspecified atom stereocenters. The number of alkyl carbamates (subject to hydrolysis) is 1. The van der Waals surface area contributed by atoms with Crippen molar-refractivity contribution in [2.45, 2.75) is 38.5 Å². The van der Waals surface area contributed by atoms with Crippen molar-refractivity contribution in [2.24, 2.45) is 0 Å². The molecule has 3 rings (SSSR count). The second-order valence-electron chi connectivity index (χ2n) is 6.67. The molecule has 0 aromatic heterocycles. The fourth-order valence-corrected chi connectivity index (χ4v) is 3.02. The van der Waals surface area contributed by atoms with Crippen LogP contribution in [0.25, 0.3) is 0 Å². The minimum Gasteiger partial charge on any atom is -0.489 e. The van der Waals surface area contributed by atoms with Crippen molar-refractivity contribution in [3.8, 4) is 5.75 Å². The highest BCUT2D eigenvalue weighted by atomic mass is 79.9. The lowest BCUT2D eigenvalue weighted by atomic mass is 10.1. The van der Waals surface area contributed by atoms with Crippen LogP contribution in [0.4, 0.5) is 15.3 Å². The highest BCUT2D eigenvalue weighted by molar-refractivity contribution is 9.10. The van der Waals surface area contributed by atoms with E-state index in [-0.39, 0.29) is 12.6 Å². The third kappa shape index (κ3) is 3.43. The van der Waals surface area contributed by atoms with Crippen molar-refractivity contribution >= 4 is 33.8 Å². The molecule has 0 radical (unpaired) electrons. The average molecular weight is 399 g/mol. The number of nitrogens with zero attached hydrogens (tertiary/aromatic N) is 1. The van der Waals surface area contributed by atoms with Crippen molar-refractivity contribution in [3.05, 3.63) is 22.7 Å². The first kappa shape index (κ1) is 16.9. The zero-order valence-electron chi connectivity index (χ0n) is 13.7. The number of nitrogens with one attached hydrogen (secondary N) is 1. The Morgan fingerprint density at radius 3 is 2.92 bits per heavy atom. The van der Waals surface area contributed by atoms with Crippen molar-refractivity contribution in [3.63, 3.8) is 0 Å². The Bertz CT molecular complexity index is 673. The Hall–Kier alpha value is -1.96. The number of amides is 2. The molecule has 24 heavy (non-hydrogen) atoms. The SMILES string of the molecule is CC(C)(C)OC(=O)NC[C@@H]1OC(=O)N2c3ccc(Br)cc3OC[C@@H]12. The fourth-order valence-electron chi connectivity index (χ4n) is 2.68. The van der Waals surface area contributed by atoms with Gasteiger partial charge in [-0.15, -0.1) is 0 Å². The Kier molecular flexibility index (Phi) is 4.33. The fraction of sp³-hybridized carbons (Fsp3) is 0.500. The maximum absolute atomic E-state index is 12.2. The molecule has 7 nitrogen and oxygen atoms in total. The van der Waals surface area contributed by atoms with E-state index >= 15 is 0 Å². The molecule has 1 aromatic carbocycles. The third-order valence-corrected chi connectivity index (χ3v) is 4.14. The van der Waals surface area contributed by atoms with Crippen LogP contribution in [-0.4, -0.2) is 43.1 Å². The van der Waals surface area contributed by atoms with Gasteiger partial charge in [0.2, 0.25) is 0 Å². The summed E-state index contributed by atoms with van der Waals surface area (Å²) in [7, 11) is 0. The molecule has 130 valence electrons. The Morgan fingerprint density at radius 1 is 1.46 bits per heavy atom. The topological polar surface area (TPSA) is 77.1 Å². The molecule has 0 aliphatic carbocycles. The third-order valence-electron chi connectivity index (χ3n) is 3.65. The van der Waals surface area contributed by atoms with E-state index < -0.39 is 23.9 Å². The smallest absolute Gasteiger partial charge is 0.415 e. The predicted octanol–water partition coefficient (Wildman–Crippen LogP) is 3.06. The van der Waals surface area contributed by atoms with Crippen LogP contribution in [0.5, 0.6) is 5.75 Å². The maximum atomic E-state index is 12.2. The number of carbonyl (C=O) groups excluding carboxylic acids is 2. The minimum atomic E-state index is -0.581. The molecular weight excluding hydrogens is 380 g/mol. The van der Waals surface area contributed by atoms with Gasteiger partial charge < -0.3 is 19.5 Å². The molecule has 2 amide bonds. The van der Waals surface area contributed by atoms with Crippen molar-refractivity contribution in [2.75, 3.05) is 18.1 Å². The van der Waals surface area contributed by atoms with Crippen LogP contribution >= 0.6 is 15.9 Å². The lowest BCUT2D eigenvalue weighted by molar-refractivity contribution is 0.0482. The predicted molar refractivity (Wildman–Crippen MR) is 90.4 cm³/mol. The number of benzene rings is 1. The monoisotopic (exact) mass is 398 g/mol. The Morgan fingerprint density at radius 2 is 2.21 bits per heavy atom. The van der Waals surface area contributed by atoms with Gasteiger partial charge in [-0.1, -0.05) is 15.9 Å². The molecule has 2 atom stereocenters. The average Bonchev–Trinajstić information content (AvgIpc) is 2.80. The number of rotatable bonds is 2. The summed E-state index contributed by atoms with van der Waals surface area (Å²) in [6, 6.07) is 5.16. The van der Waals surface area contributed by atoms with Gasteiger partial charge in [-0.05, 0) is 39.0 Å². The molecule has 2 heterocycles. The van der Waals surface area contributed by atoms with Crippen LogP contribution in [0.3, 0.4) is 0 Å². The van der Waals surface area contributed by atoms with Gasteiger partial charge in [-0.25, -0.2) is 9.59 Å². The summed E-state index contributed by atoms with van der Waals surface area (Å²) in [5, 5.41) is 2.64. The summed E-state index contributed by atoms with van der Waals surface area (Å²) < 4.78 is 17.2. The van der Waals surface area contributed by atoms with E-state index in [1.165, 1.54) is 0 Å². The lowest BCUT2D eigenvalue weighted by Gasteiger charge is -2.31. The summed E-state index contributed by atoms with van der Waals surface area (Å²) in [5.41, 5.74) is 0.0853. The van der Waals surface area contributed by atoms with E-state index in [9.17, 15) is 9.59 Å². The molecular formula is C16H19BrN2O5. The zero-order chi connectivity index (χ0) is 17.5. The maximum Gasteiger partial charge on any atom is 0.415 e. The molecule has 0 spiro atoms. The van der Waals surface area contributed by atoms with Crippen LogP contribution in [0.2, 0.25) is 0 Å². The van der Waals surface area contributed by atoms with Crippen molar-refractivity contribution in [1.82, 2.24) is 5.32 Å². The van der Waals surface area contributed by atoms with Crippen molar-refractivity contribution in [1.29, 1.82) is 0 Å². The lowest BCUT2D eigenvalue weighted by Crippen LogP contribution is -2.48. The number of cyclic esters (lactones) is 1. The number of fused-ring (bicyclic) bond motifs is 3. The van der Waals surface area contributed by atoms with Gasteiger partial charge >= 0.3 is 12.2 Å². The Balaban J connectivity index is 1.68. The molecule has 2 aliphatic rings. The van der Waals surface area contributed by atoms with E-state index in [0.717, 1.165) is 4.47 Å². The molecule has 1 N–H and O–H groups in total. The number of hydrogen-bond donors (Lipinski definition) is 1. The van der Waals surface area contributed by atoms with Crippen molar-refractivity contribution < 1.29 is 23.8 Å². The number of halogens is 1. The summed E-state index contributed by atoms with van der Waals surface area (Å²) in [6.07, 6.45) is -1.48. The second kappa shape index (κ2) is 6.16. The zero-order valence-corrected chi connectivity index (χ0v) is 15.3. The van der Waals surface area contributed by atoms with E-state index in [1.807, 2.05) is 12.1 Å². The van der Waals surface area contributed by atoms with Crippen LogP contribution in [-0.2, 0) is 9.47 Å². The molecule has 0 saturated carbocycles. The summed E-state index contributed by atoms with van der Waals surface area (Å²) in [4.78, 5) is 25.6. The largest absolute Gasteiger partial charge is 0.489 e. The quantitative estimate of drug-likeness (QED) is 0.827. The molecule has 1 aromatic rings. The molecule has 1 fully saturated rings. The van der Waals surface area contributed by atoms with E-state index in [1.54, 1.807) is 31.7 Å². The van der Waals surface area contributed by atoms with Gasteiger partial charge in [0.25, 0.3) is 0 Å². The minimum absolute atomic E-state index is 0.164. The first-order valence-electron chi connectivity index (χ1n) is 7.63. The van der Waals surface area contributed by atoms with Crippen LogP contribution in [0.15, 0.2) is 22.7 Å². The summed E-state index contributed by atoms with van der Waals surface area (Å²) in [6.45, 7) is 5.82. The molecule has 8 heteroatoms. The highest BCUT2D eigenvalue weighted by Gasteiger charge is 2.46. The summed E-state index contributed by atoms with van der Waals surface area (Å²) >= 11 is 3.38.